The molecule has 1 aliphatic rings. The molecule has 1 aromatic carbocycles. The van der Waals surface area contributed by atoms with Crippen molar-refractivity contribution < 1.29 is 0 Å². The summed E-state index contributed by atoms with van der Waals surface area (Å²) in [4.78, 5) is 2.60. The zero-order valence-electron chi connectivity index (χ0n) is 13.5. The molecule has 1 aliphatic heterocycles. The Bertz CT molecular complexity index is 412. The van der Waals surface area contributed by atoms with E-state index >= 15 is 0 Å². The van der Waals surface area contributed by atoms with Crippen molar-refractivity contribution in [2.75, 3.05) is 18.4 Å². The monoisotopic (exact) mass is 274 g/mol. The zero-order valence-corrected chi connectivity index (χ0v) is 13.5. The fourth-order valence-corrected chi connectivity index (χ4v) is 3.00. The number of anilines is 1. The molecule has 0 bridgehead atoms. The van der Waals surface area contributed by atoms with Crippen LogP contribution in [-0.4, -0.2) is 30.1 Å². The molecule has 0 radical (unpaired) electrons. The molecular formula is C18H30N2. The number of hydrogen-bond donors (Lipinski definition) is 1. The van der Waals surface area contributed by atoms with E-state index in [9.17, 15) is 0 Å². The highest BCUT2D eigenvalue weighted by molar-refractivity contribution is 5.47. The van der Waals surface area contributed by atoms with Crippen molar-refractivity contribution in [3.05, 3.63) is 29.8 Å². The van der Waals surface area contributed by atoms with E-state index in [1.807, 2.05) is 0 Å². The minimum absolute atomic E-state index is 0.599. The lowest BCUT2D eigenvalue weighted by molar-refractivity contribution is 0.230. The van der Waals surface area contributed by atoms with E-state index in [1.54, 1.807) is 0 Å². The van der Waals surface area contributed by atoms with Crippen LogP contribution >= 0.6 is 0 Å². The third-order valence-corrected chi connectivity index (χ3v) is 4.42. The van der Waals surface area contributed by atoms with Crippen molar-refractivity contribution >= 4 is 5.69 Å². The Morgan fingerprint density at radius 1 is 1.10 bits per heavy atom. The normalized spacial score (nSPS) is 21.2. The lowest BCUT2D eigenvalue weighted by Gasteiger charge is -2.24. The van der Waals surface area contributed by atoms with Crippen LogP contribution in [0, 0.1) is 0 Å². The van der Waals surface area contributed by atoms with Gasteiger partial charge in [0.1, 0.15) is 0 Å². The number of benzene rings is 1. The van der Waals surface area contributed by atoms with Crippen molar-refractivity contribution in [3.63, 3.8) is 0 Å². The molecule has 1 heterocycles. The molecule has 1 atom stereocenters. The summed E-state index contributed by atoms with van der Waals surface area (Å²) in [6.45, 7) is 11.6. The average molecular weight is 274 g/mol. The Balaban J connectivity index is 1.94. The third kappa shape index (κ3) is 4.24. The molecule has 0 aliphatic carbocycles. The van der Waals surface area contributed by atoms with E-state index in [-0.39, 0.29) is 0 Å². The third-order valence-electron chi connectivity index (χ3n) is 4.42. The number of nitrogens with zero attached hydrogens (tertiary/aromatic N) is 1. The van der Waals surface area contributed by atoms with Crippen LogP contribution in [0.25, 0.3) is 0 Å². The van der Waals surface area contributed by atoms with Gasteiger partial charge in [-0.05, 0) is 63.3 Å². The van der Waals surface area contributed by atoms with Crippen LogP contribution in [0.2, 0.25) is 0 Å². The molecule has 2 rings (SSSR count). The molecule has 112 valence electrons. The summed E-state index contributed by atoms with van der Waals surface area (Å²) in [7, 11) is 0. The molecule has 1 N–H and O–H groups in total. The standard InChI is InChI=1S/C18H30N2/c1-14(2)16-7-5-8-18(13-16)19-17-9-6-11-20(12-10-17)15(3)4/h5,7-8,13-15,17,19H,6,9-12H2,1-4H3. The van der Waals surface area contributed by atoms with Gasteiger partial charge in [0.05, 0.1) is 0 Å². The van der Waals surface area contributed by atoms with Gasteiger partial charge in [-0.25, -0.2) is 0 Å². The van der Waals surface area contributed by atoms with Crippen LogP contribution in [0.15, 0.2) is 24.3 Å². The molecule has 1 unspecified atom stereocenters. The van der Waals surface area contributed by atoms with Gasteiger partial charge in [0.25, 0.3) is 0 Å². The lowest BCUT2D eigenvalue weighted by atomic mass is 10.0. The van der Waals surface area contributed by atoms with Crippen LogP contribution in [-0.2, 0) is 0 Å². The summed E-state index contributed by atoms with van der Waals surface area (Å²) in [5.74, 6) is 0.599. The maximum atomic E-state index is 3.75. The number of nitrogens with one attached hydrogen (secondary N) is 1. The largest absolute Gasteiger partial charge is 0.382 e. The number of rotatable bonds is 4. The quantitative estimate of drug-likeness (QED) is 0.870. The van der Waals surface area contributed by atoms with Gasteiger partial charge >= 0.3 is 0 Å². The smallest absolute Gasteiger partial charge is 0.0345 e. The van der Waals surface area contributed by atoms with E-state index in [0.717, 1.165) is 0 Å². The first-order valence-electron chi connectivity index (χ1n) is 8.17. The predicted octanol–water partition coefficient (Wildman–Crippen LogP) is 4.48. The first-order chi connectivity index (χ1) is 9.56. The fourth-order valence-electron chi connectivity index (χ4n) is 3.00. The number of likely N-dealkylation sites (tertiary alicyclic amines) is 1. The summed E-state index contributed by atoms with van der Waals surface area (Å²) in [5, 5.41) is 3.75. The molecule has 0 saturated carbocycles. The van der Waals surface area contributed by atoms with E-state index in [1.165, 1.54) is 43.6 Å². The Hall–Kier alpha value is -1.02. The van der Waals surface area contributed by atoms with Gasteiger partial charge in [0.2, 0.25) is 0 Å². The van der Waals surface area contributed by atoms with Crippen LogP contribution in [0.1, 0.15) is 58.4 Å². The molecule has 2 heteroatoms. The Kier molecular flexibility index (Phi) is 5.47. The average Bonchev–Trinajstić information content (AvgIpc) is 2.65. The van der Waals surface area contributed by atoms with Gasteiger partial charge in [-0.1, -0.05) is 26.0 Å². The van der Waals surface area contributed by atoms with E-state index < -0.39 is 0 Å². The minimum Gasteiger partial charge on any atom is -0.382 e. The van der Waals surface area contributed by atoms with Crippen LogP contribution in [0.4, 0.5) is 5.69 Å². The van der Waals surface area contributed by atoms with Gasteiger partial charge < -0.3 is 10.2 Å². The van der Waals surface area contributed by atoms with Crippen molar-refractivity contribution in [2.24, 2.45) is 0 Å². The van der Waals surface area contributed by atoms with Gasteiger partial charge in [0.15, 0.2) is 0 Å². The predicted molar refractivity (Wildman–Crippen MR) is 88.5 cm³/mol. The van der Waals surface area contributed by atoms with E-state index in [4.69, 9.17) is 0 Å². The second-order valence-electron chi connectivity index (χ2n) is 6.68. The summed E-state index contributed by atoms with van der Waals surface area (Å²) < 4.78 is 0. The zero-order chi connectivity index (χ0) is 14.5. The first-order valence-corrected chi connectivity index (χ1v) is 8.17. The van der Waals surface area contributed by atoms with Crippen molar-refractivity contribution in [3.8, 4) is 0 Å². The molecule has 20 heavy (non-hydrogen) atoms. The highest BCUT2D eigenvalue weighted by atomic mass is 15.1. The summed E-state index contributed by atoms with van der Waals surface area (Å²) in [5.41, 5.74) is 2.71. The molecule has 1 fully saturated rings. The van der Waals surface area contributed by atoms with Crippen LogP contribution in [0.3, 0.4) is 0 Å². The second-order valence-corrected chi connectivity index (χ2v) is 6.68. The minimum atomic E-state index is 0.599. The molecule has 2 nitrogen and oxygen atoms in total. The summed E-state index contributed by atoms with van der Waals surface area (Å²) in [6.07, 6.45) is 3.85. The fraction of sp³-hybridized carbons (Fsp3) is 0.667. The molecular weight excluding hydrogens is 244 g/mol. The van der Waals surface area contributed by atoms with Crippen molar-refractivity contribution in [1.29, 1.82) is 0 Å². The highest BCUT2D eigenvalue weighted by Gasteiger charge is 2.18. The summed E-state index contributed by atoms with van der Waals surface area (Å²) in [6, 6.07) is 10.2. The van der Waals surface area contributed by atoms with Crippen molar-refractivity contribution in [2.45, 2.75) is 65.0 Å². The Morgan fingerprint density at radius 3 is 2.60 bits per heavy atom. The maximum Gasteiger partial charge on any atom is 0.0345 e. The van der Waals surface area contributed by atoms with E-state index in [2.05, 4.69) is 62.2 Å². The Morgan fingerprint density at radius 2 is 1.90 bits per heavy atom. The molecule has 0 spiro atoms. The van der Waals surface area contributed by atoms with E-state index in [0.29, 0.717) is 18.0 Å². The molecule has 1 aromatic rings. The van der Waals surface area contributed by atoms with Gasteiger partial charge in [-0.3, -0.25) is 0 Å². The first kappa shape index (κ1) is 15.4. The van der Waals surface area contributed by atoms with Crippen LogP contribution < -0.4 is 5.32 Å². The highest BCUT2D eigenvalue weighted by Crippen LogP contribution is 2.22. The topological polar surface area (TPSA) is 15.3 Å². The van der Waals surface area contributed by atoms with Gasteiger partial charge in [-0.2, -0.15) is 0 Å². The van der Waals surface area contributed by atoms with Gasteiger partial charge in [0, 0.05) is 24.3 Å². The van der Waals surface area contributed by atoms with Gasteiger partial charge in [-0.15, -0.1) is 0 Å². The SMILES string of the molecule is CC(C)c1cccc(NC2CCCN(C(C)C)CC2)c1. The summed E-state index contributed by atoms with van der Waals surface area (Å²) >= 11 is 0. The second kappa shape index (κ2) is 7.12. The maximum absolute atomic E-state index is 3.75. The Labute approximate surface area is 124 Å². The van der Waals surface area contributed by atoms with Crippen molar-refractivity contribution in [1.82, 2.24) is 4.90 Å². The molecule has 0 amide bonds. The number of hydrogen-bond acceptors (Lipinski definition) is 2. The molecule has 0 aromatic heterocycles. The lowest BCUT2D eigenvalue weighted by Crippen LogP contribution is -2.32. The molecule has 1 saturated heterocycles. The van der Waals surface area contributed by atoms with Crippen LogP contribution in [0.5, 0.6) is 0 Å².